The maximum absolute atomic E-state index is 11.8. The number of urea groups is 1. The van der Waals surface area contributed by atoms with Crippen molar-refractivity contribution in [3.05, 3.63) is 33.8 Å². The first-order chi connectivity index (χ1) is 9.58. The molecular weight excluding hydrogens is 324 g/mol. The molecule has 1 rings (SSSR count). The standard InChI is InChI=1S/C14H21BrN2O3/c1-10-4-3-5-11(13(10)15)8-16-14(19)17-12(9-18)6-7-20-2/h3-5,12,18H,6-9H2,1-2H3,(H2,16,17,19). The number of benzene rings is 1. The lowest BCUT2D eigenvalue weighted by Crippen LogP contribution is -2.44. The van der Waals surface area contributed by atoms with Crippen LogP contribution in [0.3, 0.4) is 0 Å². The Bertz CT molecular complexity index is 440. The molecule has 1 unspecified atom stereocenters. The van der Waals surface area contributed by atoms with Crippen molar-refractivity contribution in [2.75, 3.05) is 20.3 Å². The second kappa shape index (κ2) is 8.94. The van der Waals surface area contributed by atoms with E-state index >= 15 is 0 Å². The summed E-state index contributed by atoms with van der Waals surface area (Å²) in [5, 5.41) is 14.6. The Kier molecular flexibility index (Phi) is 7.58. The first kappa shape index (κ1) is 16.9. The number of aryl methyl sites for hydroxylation is 1. The minimum Gasteiger partial charge on any atom is -0.394 e. The van der Waals surface area contributed by atoms with E-state index in [1.807, 2.05) is 25.1 Å². The summed E-state index contributed by atoms with van der Waals surface area (Å²) in [5.41, 5.74) is 2.13. The molecule has 2 amide bonds. The van der Waals surface area contributed by atoms with Gasteiger partial charge < -0.3 is 20.5 Å². The highest BCUT2D eigenvalue weighted by molar-refractivity contribution is 9.10. The zero-order valence-electron chi connectivity index (χ0n) is 11.8. The molecule has 0 aromatic heterocycles. The smallest absolute Gasteiger partial charge is 0.315 e. The van der Waals surface area contributed by atoms with Crippen molar-refractivity contribution < 1.29 is 14.6 Å². The second-order valence-electron chi connectivity index (χ2n) is 4.54. The number of methoxy groups -OCH3 is 1. The Labute approximate surface area is 127 Å². The number of amides is 2. The molecule has 0 radical (unpaired) electrons. The van der Waals surface area contributed by atoms with E-state index in [1.165, 1.54) is 0 Å². The predicted octanol–water partition coefficient (Wildman–Crippen LogP) is 1.95. The molecule has 0 heterocycles. The van der Waals surface area contributed by atoms with E-state index in [-0.39, 0.29) is 18.7 Å². The number of hydrogen-bond donors (Lipinski definition) is 3. The van der Waals surface area contributed by atoms with Crippen molar-refractivity contribution in [2.24, 2.45) is 0 Å². The first-order valence-corrected chi connectivity index (χ1v) is 7.26. The molecule has 0 spiro atoms. The van der Waals surface area contributed by atoms with Gasteiger partial charge in [0.2, 0.25) is 0 Å². The van der Waals surface area contributed by atoms with Gasteiger partial charge in [-0.05, 0) is 24.5 Å². The molecule has 0 fully saturated rings. The average molecular weight is 345 g/mol. The van der Waals surface area contributed by atoms with Crippen molar-refractivity contribution >= 4 is 22.0 Å². The van der Waals surface area contributed by atoms with Crippen LogP contribution in [-0.4, -0.2) is 37.5 Å². The summed E-state index contributed by atoms with van der Waals surface area (Å²) in [5.74, 6) is 0. The molecular formula is C14H21BrN2O3. The van der Waals surface area contributed by atoms with E-state index in [0.29, 0.717) is 19.6 Å². The van der Waals surface area contributed by atoms with Crippen molar-refractivity contribution in [2.45, 2.75) is 25.9 Å². The average Bonchev–Trinajstić information content (AvgIpc) is 2.45. The first-order valence-electron chi connectivity index (χ1n) is 6.46. The van der Waals surface area contributed by atoms with Gasteiger partial charge in [0.05, 0.1) is 12.6 Å². The van der Waals surface area contributed by atoms with Crippen LogP contribution in [0.4, 0.5) is 4.79 Å². The van der Waals surface area contributed by atoms with Crippen molar-refractivity contribution in [3.63, 3.8) is 0 Å². The van der Waals surface area contributed by atoms with Crippen LogP contribution in [0, 0.1) is 6.92 Å². The van der Waals surface area contributed by atoms with Gasteiger partial charge in [-0.15, -0.1) is 0 Å². The van der Waals surface area contributed by atoms with Gasteiger partial charge in [0, 0.05) is 24.7 Å². The number of carbonyl (C=O) groups excluding carboxylic acids is 1. The molecule has 1 aromatic rings. The van der Waals surface area contributed by atoms with Gasteiger partial charge in [-0.3, -0.25) is 0 Å². The van der Waals surface area contributed by atoms with Crippen LogP contribution in [0.5, 0.6) is 0 Å². The number of ether oxygens (including phenoxy) is 1. The molecule has 1 atom stereocenters. The highest BCUT2D eigenvalue weighted by Crippen LogP contribution is 2.20. The summed E-state index contributed by atoms with van der Waals surface area (Å²) in [6, 6.07) is 5.31. The summed E-state index contributed by atoms with van der Waals surface area (Å²) in [4.78, 5) is 11.8. The van der Waals surface area contributed by atoms with Crippen LogP contribution in [0.2, 0.25) is 0 Å². The van der Waals surface area contributed by atoms with Crippen LogP contribution >= 0.6 is 15.9 Å². The SMILES string of the molecule is COCCC(CO)NC(=O)NCc1cccc(C)c1Br. The molecule has 0 bridgehead atoms. The lowest BCUT2D eigenvalue weighted by molar-refractivity contribution is 0.159. The summed E-state index contributed by atoms with van der Waals surface area (Å²) < 4.78 is 5.92. The van der Waals surface area contributed by atoms with Crippen molar-refractivity contribution in [1.29, 1.82) is 0 Å². The van der Waals surface area contributed by atoms with Gasteiger partial charge >= 0.3 is 6.03 Å². The van der Waals surface area contributed by atoms with Crippen LogP contribution < -0.4 is 10.6 Å². The summed E-state index contributed by atoms with van der Waals surface area (Å²) in [7, 11) is 1.59. The highest BCUT2D eigenvalue weighted by Gasteiger charge is 2.11. The van der Waals surface area contributed by atoms with Gasteiger partial charge in [0.1, 0.15) is 0 Å². The van der Waals surface area contributed by atoms with Crippen LogP contribution in [0.25, 0.3) is 0 Å². The quantitative estimate of drug-likeness (QED) is 0.708. The third-order valence-corrected chi connectivity index (χ3v) is 4.07. The zero-order chi connectivity index (χ0) is 15.0. The Morgan fingerprint density at radius 1 is 1.50 bits per heavy atom. The number of halogens is 1. The number of aliphatic hydroxyl groups excluding tert-OH is 1. The van der Waals surface area contributed by atoms with E-state index in [9.17, 15) is 4.79 Å². The topological polar surface area (TPSA) is 70.6 Å². The molecule has 0 saturated carbocycles. The summed E-state index contributed by atoms with van der Waals surface area (Å²) >= 11 is 3.50. The Morgan fingerprint density at radius 3 is 2.90 bits per heavy atom. The number of carbonyl (C=O) groups is 1. The molecule has 0 aliphatic carbocycles. The number of aliphatic hydroxyl groups is 1. The molecule has 0 aliphatic rings. The van der Waals surface area contributed by atoms with E-state index in [0.717, 1.165) is 15.6 Å². The molecule has 112 valence electrons. The fourth-order valence-electron chi connectivity index (χ4n) is 1.73. The van der Waals surface area contributed by atoms with E-state index in [2.05, 4.69) is 26.6 Å². The molecule has 0 aliphatic heterocycles. The maximum Gasteiger partial charge on any atom is 0.315 e. The molecule has 1 aromatic carbocycles. The molecule has 20 heavy (non-hydrogen) atoms. The Hall–Kier alpha value is -1.11. The highest BCUT2D eigenvalue weighted by atomic mass is 79.9. The van der Waals surface area contributed by atoms with E-state index in [1.54, 1.807) is 7.11 Å². The van der Waals surface area contributed by atoms with E-state index in [4.69, 9.17) is 9.84 Å². The molecule has 6 heteroatoms. The van der Waals surface area contributed by atoms with Crippen LogP contribution in [-0.2, 0) is 11.3 Å². The van der Waals surface area contributed by atoms with Gasteiger partial charge in [-0.2, -0.15) is 0 Å². The normalized spacial score (nSPS) is 12.0. The fourth-order valence-corrected chi connectivity index (χ4v) is 2.13. The second-order valence-corrected chi connectivity index (χ2v) is 5.33. The Morgan fingerprint density at radius 2 is 2.25 bits per heavy atom. The van der Waals surface area contributed by atoms with Crippen LogP contribution in [0.1, 0.15) is 17.5 Å². The fraction of sp³-hybridized carbons (Fsp3) is 0.500. The summed E-state index contributed by atoms with van der Waals surface area (Å²) in [6.45, 7) is 2.82. The predicted molar refractivity (Wildman–Crippen MR) is 81.6 cm³/mol. The maximum atomic E-state index is 11.8. The van der Waals surface area contributed by atoms with Gasteiger partial charge in [-0.25, -0.2) is 4.79 Å². The molecule has 5 nitrogen and oxygen atoms in total. The number of rotatable bonds is 7. The lowest BCUT2D eigenvalue weighted by atomic mass is 10.1. The Balaban J connectivity index is 2.44. The van der Waals surface area contributed by atoms with Crippen LogP contribution in [0.15, 0.2) is 22.7 Å². The minimum absolute atomic E-state index is 0.106. The third-order valence-electron chi connectivity index (χ3n) is 2.94. The monoisotopic (exact) mass is 344 g/mol. The van der Waals surface area contributed by atoms with E-state index < -0.39 is 0 Å². The van der Waals surface area contributed by atoms with Gasteiger partial charge in [0.25, 0.3) is 0 Å². The van der Waals surface area contributed by atoms with Gasteiger partial charge in [0.15, 0.2) is 0 Å². The third kappa shape index (κ3) is 5.48. The summed E-state index contributed by atoms with van der Waals surface area (Å²) in [6.07, 6.45) is 0.578. The number of hydrogen-bond acceptors (Lipinski definition) is 3. The largest absolute Gasteiger partial charge is 0.394 e. The number of nitrogens with one attached hydrogen (secondary N) is 2. The van der Waals surface area contributed by atoms with Crippen molar-refractivity contribution in [1.82, 2.24) is 10.6 Å². The lowest BCUT2D eigenvalue weighted by Gasteiger charge is -2.16. The molecule has 0 saturated heterocycles. The van der Waals surface area contributed by atoms with Crippen molar-refractivity contribution in [3.8, 4) is 0 Å². The zero-order valence-corrected chi connectivity index (χ0v) is 13.4. The molecule has 3 N–H and O–H groups in total. The van der Waals surface area contributed by atoms with Gasteiger partial charge in [-0.1, -0.05) is 34.1 Å². The minimum atomic E-state index is -0.298.